The van der Waals surface area contributed by atoms with Gasteiger partial charge in [0.05, 0.1) is 26.1 Å². The van der Waals surface area contributed by atoms with E-state index in [1.54, 1.807) is 22.8 Å². The molecule has 2 aromatic heterocycles. The lowest BCUT2D eigenvalue weighted by Crippen LogP contribution is -2.25. The molecule has 2 heterocycles. The molecule has 12 heteroatoms. The number of anilines is 1. The average molecular weight is 508 g/mol. The first-order valence-electron chi connectivity index (χ1n) is 11.1. The van der Waals surface area contributed by atoms with Crippen molar-refractivity contribution >= 4 is 27.3 Å². The zero-order valence-corrected chi connectivity index (χ0v) is 21.0. The van der Waals surface area contributed by atoms with E-state index < -0.39 is 16.1 Å². The fourth-order valence-corrected chi connectivity index (χ4v) is 6.09. The van der Waals surface area contributed by atoms with Gasteiger partial charge in [0.2, 0.25) is 16.0 Å². The van der Waals surface area contributed by atoms with E-state index in [2.05, 4.69) is 19.9 Å². The van der Waals surface area contributed by atoms with Crippen molar-refractivity contribution in [2.75, 3.05) is 24.7 Å². The number of hydrogen-bond donors (Lipinski definition) is 2. The highest BCUT2D eigenvalue weighted by atomic mass is 32.2. The number of hydrogen-bond acceptors (Lipinski definition) is 9. The lowest BCUT2D eigenvalue weighted by Gasteiger charge is -2.19. The first-order chi connectivity index (χ1) is 16.3. The molecule has 1 aromatic carbocycles. The molecule has 0 unspecified atom stereocenters. The SMILES string of the molecule is COc1cccc(OC)c1-n1c(NS(=O)(=O)CC[C@@H](O)C2CCCC2)nnc1-c1nc(C)cs1. The van der Waals surface area contributed by atoms with Gasteiger partial charge in [-0.2, -0.15) is 0 Å². The molecule has 34 heavy (non-hydrogen) atoms. The van der Waals surface area contributed by atoms with Gasteiger partial charge in [0.15, 0.2) is 10.8 Å². The summed E-state index contributed by atoms with van der Waals surface area (Å²) < 4.78 is 41.1. The Bertz CT molecular complexity index is 1210. The van der Waals surface area contributed by atoms with E-state index in [1.807, 2.05) is 12.3 Å². The lowest BCUT2D eigenvalue weighted by molar-refractivity contribution is 0.107. The van der Waals surface area contributed by atoms with Gasteiger partial charge in [-0.05, 0) is 44.2 Å². The van der Waals surface area contributed by atoms with Crippen molar-refractivity contribution in [3.05, 3.63) is 29.3 Å². The molecule has 0 saturated heterocycles. The van der Waals surface area contributed by atoms with E-state index >= 15 is 0 Å². The molecule has 1 fully saturated rings. The topological polar surface area (TPSA) is 128 Å². The first kappa shape index (κ1) is 24.4. The molecule has 0 radical (unpaired) electrons. The van der Waals surface area contributed by atoms with Crippen LogP contribution >= 0.6 is 11.3 Å². The standard InChI is InChI=1S/C22H29N5O5S2/c1-14-13-33-21(23-14)20-24-25-22(27(20)19-17(31-2)9-6-10-18(19)32-3)26-34(29,30)12-11-16(28)15-7-4-5-8-15/h6,9-10,13,15-16,28H,4-5,7-8,11-12H2,1-3H3,(H,25,26)/t16-/m1/s1. The van der Waals surface area contributed by atoms with Crippen LogP contribution in [0.5, 0.6) is 11.5 Å². The molecule has 1 atom stereocenters. The number of nitrogens with one attached hydrogen (secondary N) is 1. The van der Waals surface area contributed by atoms with Gasteiger partial charge in [-0.15, -0.1) is 21.5 Å². The number of aryl methyl sites for hydroxylation is 1. The Kier molecular flexibility index (Phi) is 7.39. The van der Waals surface area contributed by atoms with E-state index in [4.69, 9.17) is 9.47 Å². The number of sulfonamides is 1. The van der Waals surface area contributed by atoms with E-state index in [9.17, 15) is 13.5 Å². The van der Waals surface area contributed by atoms with Gasteiger partial charge in [0.25, 0.3) is 0 Å². The van der Waals surface area contributed by atoms with Crippen molar-refractivity contribution in [2.45, 2.75) is 45.1 Å². The Morgan fingerprint density at radius 1 is 1.21 bits per heavy atom. The predicted molar refractivity (Wildman–Crippen MR) is 130 cm³/mol. The molecule has 0 spiro atoms. The number of para-hydroxylation sites is 1. The molecule has 10 nitrogen and oxygen atoms in total. The minimum absolute atomic E-state index is 0.0130. The number of rotatable bonds is 10. The van der Waals surface area contributed by atoms with Crippen molar-refractivity contribution in [3.8, 4) is 28.0 Å². The smallest absolute Gasteiger partial charge is 0.243 e. The molecule has 3 aromatic rings. The largest absolute Gasteiger partial charge is 0.494 e. The number of benzene rings is 1. The normalized spacial score (nSPS) is 15.4. The van der Waals surface area contributed by atoms with Crippen LogP contribution in [0.15, 0.2) is 23.6 Å². The lowest BCUT2D eigenvalue weighted by atomic mass is 9.99. The highest BCUT2D eigenvalue weighted by Crippen LogP contribution is 2.38. The van der Waals surface area contributed by atoms with Crippen LogP contribution in [0, 0.1) is 12.8 Å². The molecular formula is C22H29N5O5S2. The van der Waals surface area contributed by atoms with E-state index in [0.29, 0.717) is 28.0 Å². The maximum atomic E-state index is 13.0. The third-order valence-electron chi connectivity index (χ3n) is 5.97. The van der Waals surface area contributed by atoms with Gasteiger partial charge in [0.1, 0.15) is 17.2 Å². The summed E-state index contributed by atoms with van der Waals surface area (Å²) in [5.41, 5.74) is 1.26. The maximum absolute atomic E-state index is 13.0. The Morgan fingerprint density at radius 3 is 2.47 bits per heavy atom. The summed E-state index contributed by atoms with van der Waals surface area (Å²) in [5, 5.41) is 21.3. The van der Waals surface area contributed by atoms with Crippen molar-refractivity contribution < 1.29 is 23.0 Å². The van der Waals surface area contributed by atoms with Crippen molar-refractivity contribution in [1.82, 2.24) is 19.7 Å². The van der Waals surface area contributed by atoms with E-state index in [0.717, 1.165) is 31.4 Å². The molecule has 1 aliphatic carbocycles. The minimum Gasteiger partial charge on any atom is -0.494 e. The van der Waals surface area contributed by atoms with E-state index in [1.165, 1.54) is 25.6 Å². The monoisotopic (exact) mass is 507 g/mol. The number of thiazole rings is 1. The van der Waals surface area contributed by atoms with Crippen LogP contribution in [-0.2, 0) is 10.0 Å². The molecule has 1 aliphatic rings. The Hall–Kier alpha value is -2.70. The van der Waals surface area contributed by atoms with Crippen LogP contribution in [0.2, 0.25) is 0 Å². The van der Waals surface area contributed by atoms with Crippen LogP contribution in [-0.4, -0.2) is 59.3 Å². The van der Waals surface area contributed by atoms with Crippen LogP contribution in [0.3, 0.4) is 0 Å². The Labute approximate surface area is 203 Å². The summed E-state index contributed by atoms with van der Waals surface area (Å²) in [5.74, 6) is 1.17. The Morgan fingerprint density at radius 2 is 1.88 bits per heavy atom. The van der Waals surface area contributed by atoms with Crippen LogP contribution in [0.25, 0.3) is 16.5 Å². The number of methoxy groups -OCH3 is 2. The zero-order valence-electron chi connectivity index (χ0n) is 19.4. The molecule has 2 N–H and O–H groups in total. The van der Waals surface area contributed by atoms with Crippen LogP contribution < -0.4 is 14.2 Å². The van der Waals surface area contributed by atoms with Gasteiger partial charge < -0.3 is 14.6 Å². The predicted octanol–water partition coefficient (Wildman–Crippen LogP) is 3.40. The van der Waals surface area contributed by atoms with Crippen molar-refractivity contribution in [3.63, 3.8) is 0 Å². The van der Waals surface area contributed by atoms with Crippen molar-refractivity contribution in [1.29, 1.82) is 0 Å². The van der Waals surface area contributed by atoms with Gasteiger partial charge in [-0.25, -0.2) is 13.4 Å². The van der Waals surface area contributed by atoms with Crippen LogP contribution in [0.1, 0.15) is 37.8 Å². The van der Waals surface area contributed by atoms with Crippen molar-refractivity contribution in [2.24, 2.45) is 5.92 Å². The fraction of sp³-hybridized carbons (Fsp3) is 0.500. The second-order valence-electron chi connectivity index (χ2n) is 8.31. The molecule has 0 aliphatic heterocycles. The summed E-state index contributed by atoms with van der Waals surface area (Å²) in [4.78, 5) is 4.49. The third-order valence-corrected chi connectivity index (χ3v) is 8.19. The fourth-order valence-electron chi connectivity index (χ4n) is 4.25. The summed E-state index contributed by atoms with van der Waals surface area (Å²) >= 11 is 1.37. The second-order valence-corrected chi connectivity index (χ2v) is 11.0. The molecule has 0 bridgehead atoms. The molecule has 0 amide bonds. The average Bonchev–Trinajstić information content (AvgIpc) is 3.58. The van der Waals surface area contributed by atoms with E-state index in [-0.39, 0.29) is 24.0 Å². The number of aromatic nitrogens is 4. The molecule has 1 saturated carbocycles. The molecule has 4 rings (SSSR count). The summed E-state index contributed by atoms with van der Waals surface area (Å²) in [6.07, 6.45) is 3.55. The van der Waals surface area contributed by atoms with Gasteiger partial charge in [-0.3, -0.25) is 9.29 Å². The van der Waals surface area contributed by atoms with Gasteiger partial charge in [0, 0.05) is 11.1 Å². The highest BCUT2D eigenvalue weighted by molar-refractivity contribution is 7.92. The first-order valence-corrected chi connectivity index (χ1v) is 13.6. The number of ether oxygens (including phenoxy) is 2. The molecular weight excluding hydrogens is 478 g/mol. The van der Waals surface area contributed by atoms with Crippen LogP contribution in [0.4, 0.5) is 5.95 Å². The zero-order chi connectivity index (χ0) is 24.3. The summed E-state index contributed by atoms with van der Waals surface area (Å²) in [6.45, 7) is 1.86. The minimum atomic E-state index is -3.82. The summed E-state index contributed by atoms with van der Waals surface area (Å²) in [7, 11) is -0.789. The highest BCUT2D eigenvalue weighted by Gasteiger charge is 2.28. The molecule has 184 valence electrons. The Balaban J connectivity index is 1.70. The number of aliphatic hydroxyl groups is 1. The maximum Gasteiger partial charge on any atom is 0.243 e. The van der Waals surface area contributed by atoms with Gasteiger partial charge >= 0.3 is 0 Å². The number of nitrogens with zero attached hydrogens (tertiary/aromatic N) is 4. The second kappa shape index (κ2) is 10.3. The quantitative estimate of drug-likeness (QED) is 0.427. The number of aliphatic hydroxyl groups excluding tert-OH is 1. The summed E-state index contributed by atoms with van der Waals surface area (Å²) in [6, 6.07) is 5.25. The van der Waals surface area contributed by atoms with Gasteiger partial charge in [-0.1, -0.05) is 18.9 Å². The third kappa shape index (κ3) is 5.18.